The first-order chi connectivity index (χ1) is 15.5. The Morgan fingerprint density at radius 1 is 1.28 bits per heavy atom. The van der Waals surface area contributed by atoms with Crippen molar-refractivity contribution in [1.29, 1.82) is 5.26 Å². The number of nitriles is 1. The molecule has 8 nitrogen and oxygen atoms in total. The van der Waals surface area contributed by atoms with Gasteiger partial charge in [0.05, 0.1) is 18.4 Å². The van der Waals surface area contributed by atoms with Crippen LogP contribution in [0.15, 0.2) is 48.8 Å². The number of anilines is 1. The van der Waals surface area contributed by atoms with E-state index in [-0.39, 0.29) is 23.6 Å². The molecule has 32 heavy (non-hydrogen) atoms. The minimum absolute atomic E-state index is 0.165. The van der Waals surface area contributed by atoms with Gasteiger partial charge in [-0.3, -0.25) is 4.40 Å². The number of fused-ring (bicyclic) bond motifs is 2. The fraction of sp³-hybridized carbons (Fsp3) is 0.130. The molecular weight excluding hydrogens is 413 g/mol. The molecule has 0 saturated carbocycles. The Labute approximate surface area is 181 Å². The summed E-state index contributed by atoms with van der Waals surface area (Å²) in [6, 6.07) is 11.4. The molecule has 2 N–H and O–H groups in total. The first kappa shape index (κ1) is 19.5. The molecule has 1 aliphatic heterocycles. The maximum atomic E-state index is 14.5. The molecule has 0 unspecified atom stereocenters. The van der Waals surface area contributed by atoms with Crippen LogP contribution in [0.1, 0.15) is 27.2 Å². The fourth-order valence-electron chi connectivity index (χ4n) is 3.83. The topological polar surface area (TPSA) is 113 Å². The first-order valence-electron chi connectivity index (χ1n) is 9.84. The van der Waals surface area contributed by atoms with Gasteiger partial charge in [-0.15, -0.1) is 0 Å². The summed E-state index contributed by atoms with van der Waals surface area (Å²) >= 11 is 0. The van der Waals surface area contributed by atoms with Crippen LogP contribution in [-0.2, 0) is 13.0 Å². The van der Waals surface area contributed by atoms with Crippen LogP contribution in [0.3, 0.4) is 0 Å². The first-order valence-corrected chi connectivity index (χ1v) is 9.84. The van der Waals surface area contributed by atoms with E-state index in [9.17, 15) is 14.4 Å². The standard InChI is InChI=1S/C23H16FN5O3/c24-19-5-6-20-16(7-8-32-20)18(19)11-27-23-26-10-17(21-28-15(9-25)12-29(21)23)13-1-3-14(4-2-13)22(30)31/h1-6,10,12H,7-8,11H2,(H,26,27)(H,30,31). The number of hydrogen-bond donors (Lipinski definition) is 2. The van der Waals surface area contributed by atoms with Gasteiger partial charge in [-0.25, -0.2) is 19.2 Å². The highest BCUT2D eigenvalue weighted by Crippen LogP contribution is 2.31. The average Bonchev–Trinajstić information content (AvgIpc) is 3.45. The Bertz CT molecular complexity index is 1410. The summed E-state index contributed by atoms with van der Waals surface area (Å²) in [4.78, 5) is 20.0. The number of aromatic carboxylic acids is 1. The lowest BCUT2D eigenvalue weighted by molar-refractivity contribution is 0.0697. The lowest BCUT2D eigenvalue weighted by Gasteiger charge is -2.13. The van der Waals surface area contributed by atoms with Crippen molar-refractivity contribution in [2.75, 3.05) is 11.9 Å². The van der Waals surface area contributed by atoms with Crippen molar-refractivity contribution in [3.05, 3.63) is 77.0 Å². The predicted molar refractivity (Wildman–Crippen MR) is 113 cm³/mol. The van der Waals surface area contributed by atoms with Crippen LogP contribution < -0.4 is 10.1 Å². The van der Waals surface area contributed by atoms with Crippen molar-refractivity contribution < 1.29 is 19.0 Å². The van der Waals surface area contributed by atoms with Gasteiger partial charge < -0.3 is 15.2 Å². The van der Waals surface area contributed by atoms with E-state index in [1.54, 1.807) is 35.0 Å². The van der Waals surface area contributed by atoms with Crippen LogP contribution in [0.2, 0.25) is 0 Å². The van der Waals surface area contributed by atoms with Crippen LogP contribution in [0.25, 0.3) is 16.8 Å². The summed E-state index contributed by atoms with van der Waals surface area (Å²) in [5.74, 6) is -0.250. The highest BCUT2D eigenvalue weighted by atomic mass is 19.1. The lowest BCUT2D eigenvalue weighted by atomic mass is 10.0. The van der Waals surface area contributed by atoms with Crippen LogP contribution in [-0.4, -0.2) is 32.1 Å². The van der Waals surface area contributed by atoms with Gasteiger partial charge in [0.1, 0.15) is 17.6 Å². The summed E-state index contributed by atoms with van der Waals surface area (Å²) in [5, 5.41) is 21.6. The minimum atomic E-state index is -1.02. The predicted octanol–water partition coefficient (Wildman–Crippen LogP) is 3.65. The third-order valence-electron chi connectivity index (χ3n) is 5.41. The second-order valence-electron chi connectivity index (χ2n) is 7.26. The van der Waals surface area contributed by atoms with Crippen molar-refractivity contribution in [1.82, 2.24) is 14.4 Å². The second-order valence-corrected chi connectivity index (χ2v) is 7.26. The van der Waals surface area contributed by atoms with Gasteiger partial charge in [-0.1, -0.05) is 12.1 Å². The molecule has 4 aromatic rings. The Balaban J connectivity index is 1.52. The average molecular weight is 429 g/mol. The van der Waals surface area contributed by atoms with Crippen LogP contribution in [0.5, 0.6) is 5.75 Å². The molecule has 9 heteroatoms. The molecule has 5 rings (SSSR count). The number of nitrogens with one attached hydrogen (secondary N) is 1. The van der Waals surface area contributed by atoms with Crippen molar-refractivity contribution in [2.24, 2.45) is 0 Å². The third-order valence-corrected chi connectivity index (χ3v) is 5.41. The van der Waals surface area contributed by atoms with Crippen molar-refractivity contribution in [3.8, 4) is 22.9 Å². The number of carboxylic acid groups (broad SMARTS) is 1. The van der Waals surface area contributed by atoms with E-state index >= 15 is 0 Å². The molecule has 3 heterocycles. The Morgan fingerprint density at radius 3 is 2.84 bits per heavy atom. The van der Waals surface area contributed by atoms with E-state index in [1.165, 1.54) is 18.2 Å². The molecule has 0 amide bonds. The third kappa shape index (κ3) is 3.28. The van der Waals surface area contributed by atoms with E-state index in [0.29, 0.717) is 47.1 Å². The normalized spacial score (nSPS) is 12.2. The quantitative estimate of drug-likeness (QED) is 0.498. The van der Waals surface area contributed by atoms with Gasteiger partial charge in [0, 0.05) is 35.9 Å². The number of nitrogens with zero attached hydrogens (tertiary/aromatic N) is 4. The van der Waals surface area contributed by atoms with Gasteiger partial charge in [-0.05, 0) is 29.8 Å². The minimum Gasteiger partial charge on any atom is -0.493 e. The molecule has 0 saturated heterocycles. The number of hydrogen-bond acceptors (Lipinski definition) is 6. The molecule has 0 spiro atoms. The van der Waals surface area contributed by atoms with Gasteiger partial charge in [0.15, 0.2) is 11.3 Å². The van der Waals surface area contributed by atoms with Gasteiger partial charge in [-0.2, -0.15) is 5.26 Å². The SMILES string of the molecule is N#Cc1cn2c(NCc3c(F)ccc4c3CCO4)ncc(-c3ccc(C(=O)O)cc3)c2n1. The maximum absolute atomic E-state index is 14.5. The number of halogens is 1. The zero-order valence-electron chi connectivity index (χ0n) is 16.7. The van der Waals surface area contributed by atoms with Gasteiger partial charge in [0.25, 0.3) is 0 Å². The second kappa shape index (κ2) is 7.67. The number of aromatic nitrogens is 3. The van der Waals surface area contributed by atoms with Crippen LogP contribution in [0, 0.1) is 17.1 Å². The molecule has 0 radical (unpaired) electrons. The molecule has 158 valence electrons. The monoisotopic (exact) mass is 429 g/mol. The Hall–Kier alpha value is -4.45. The Kier molecular flexibility index (Phi) is 4.67. The fourth-order valence-corrected chi connectivity index (χ4v) is 3.83. The van der Waals surface area contributed by atoms with Gasteiger partial charge in [0.2, 0.25) is 5.95 Å². The van der Waals surface area contributed by atoms with Crippen LogP contribution >= 0.6 is 0 Å². The highest BCUT2D eigenvalue weighted by Gasteiger charge is 2.20. The van der Waals surface area contributed by atoms with Crippen LogP contribution in [0.4, 0.5) is 10.3 Å². The molecule has 0 fully saturated rings. The zero-order chi connectivity index (χ0) is 22.2. The molecule has 2 aromatic heterocycles. The molecule has 0 aliphatic carbocycles. The summed E-state index contributed by atoms with van der Waals surface area (Å²) in [7, 11) is 0. The number of benzene rings is 2. The summed E-state index contributed by atoms with van der Waals surface area (Å²) in [6.07, 6.45) is 3.78. The van der Waals surface area contributed by atoms with Gasteiger partial charge >= 0.3 is 5.97 Å². The summed E-state index contributed by atoms with van der Waals surface area (Å²) < 4.78 is 21.6. The van der Waals surface area contributed by atoms with E-state index in [0.717, 1.165) is 5.56 Å². The number of rotatable bonds is 5. The summed E-state index contributed by atoms with van der Waals surface area (Å²) in [6.45, 7) is 0.712. The molecular formula is C23H16FN5O3. The van der Waals surface area contributed by atoms with E-state index in [2.05, 4.69) is 15.3 Å². The Morgan fingerprint density at radius 2 is 2.09 bits per heavy atom. The zero-order valence-corrected chi connectivity index (χ0v) is 16.7. The number of carbonyl (C=O) groups is 1. The lowest BCUT2D eigenvalue weighted by Crippen LogP contribution is -2.09. The maximum Gasteiger partial charge on any atom is 0.335 e. The highest BCUT2D eigenvalue weighted by molar-refractivity contribution is 5.89. The smallest absolute Gasteiger partial charge is 0.335 e. The van der Waals surface area contributed by atoms with E-state index < -0.39 is 5.97 Å². The number of ether oxygens (including phenoxy) is 1. The summed E-state index contributed by atoms with van der Waals surface area (Å²) in [5.41, 5.74) is 3.54. The van der Waals surface area contributed by atoms with E-state index in [1.807, 2.05) is 6.07 Å². The largest absolute Gasteiger partial charge is 0.493 e. The molecule has 1 aliphatic rings. The molecule has 0 atom stereocenters. The van der Waals surface area contributed by atoms with Crippen molar-refractivity contribution >= 4 is 17.6 Å². The molecule has 2 aromatic carbocycles. The van der Waals surface area contributed by atoms with Crippen molar-refractivity contribution in [2.45, 2.75) is 13.0 Å². The number of imidazole rings is 1. The number of carboxylic acids is 1. The van der Waals surface area contributed by atoms with E-state index in [4.69, 9.17) is 9.84 Å². The molecule has 0 bridgehead atoms. The van der Waals surface area contributed by atoms with Crippen molar-refractivity contribution in [3.63, 3.8) is 0 Å².